The van der Waals surface area contributed by atoms with E-state index in [4.69, 9.17) is 5.10 Å². The third kappa shape index (κ3) is 4.15. The third-order valence-electron chi connectivity index (χ3n) is 4.69. The van der Waals surface area contributed by atoms with Gasteiger partial charge >= 0.3 is 0 Å². The zero-order valence-electron chi connectivity index (χ0n) is 14.9. The zero-order valence-corrected chi connectivity index (χ0v) is 15.7. The predicted molar refractivity (Wildman–Crippen MR) is 103 cm³/mol. The van der Waals surface area contributed by atoms with E-state index < -0.39 is 10.0 Å². The predicted octanol–water partition coefficient (Wildman–Crippen LogP) is 1.02. The molecule has 4 rings (SSSR count). The highest BCUT2D eigenvalue weighted by Crippen LogP contribution is 2.26. The highest BCUT2D eigenvalue weighted by Gasteiger charge is 2.24. The number of nitrogens with zero attached hydrogens (tertiary/aromatic N) is 4. The van der Waals surface area contributed by atoms with E-state index in [-0.39, 0.29) is 12.3 Å². The van der Waals surface area contributed by atoms with Crippen molar-refractivity contribution in [3.8, 4) is 0 Å². The molecule has 8 nitrogen and oxygen atoms in total. The van der Waals surface area contributed by atoms with Crippen molar-refractivity contribution in [3.05, 3.63) is 54.0 Å². The maximum Gasteiger partial charge on any atom is 0.215 e. The van der Waals surface area contributed by atoms with Crippen LogP contribution in [0.4, 0.5) is 0 Å². The van der Waals surface area contributed by atoms with Gasteiger partial charge in [0.05, 0.1) is 18.0 Å². The summed E-state index contributed by atoms with van der Waals surface area (Å²) < 4.78 is 29.0. The van der Waals surface area contributed by atoms with Crippen LogP contribution in [0.25, 0.3) is 11.2 Å². The van der Waals surface area contributed by atoms with Crippen molar-refractivity contribution in [2.75, 3.05) is 19.6 Å². The SMILES string of the molecule is O=S(=O)(Cc1ccccc1)NCCn1nc([C@H]2CCNC2)c2nccnc21. The van der Waals surface area contributed by atoms with Crippen LogP contribution < -0.4 is 10.0 Å². The van der Waals surface area contributed by atoms with Crippen LogP contribution in [0.15, 0.2) is 42.7 Å². The van der Waals surface area contributed by atoms with Crippen LogP contribution in [0.3, 0.4) is 0 Å². The quantitative estimate of drug-likeness (QED) is 0.629. The molecule has 3 heterocycles. The average molecular weight is 386 g/mol. The summed E-state index contributed by atoms with van der Waals surface area (Å²) in [6.07, 6.45) is 4.33. The van der Waals surface area contributed by atoms with Crippen LogP contribution in [0, 0.1) is 0 Å². The van der Waals surface area contributed by atoms with E-state index in [0.717, 1.165) is 36.3 Å². The van der Waals surface area contributed by atoms with Gasteiger partial charge in [-0.25, -0.2) is 27.8 Å². The van der Waals surface area contributed by atoms with E-state index in [1.807, 2.05) is 18.2 Å². The number of rotatable bonds is 7. The lowest BCUT2D eigenvalue weighted by molar-refractivity contribution is 0.559. The maximum absolute atomic E-state index is 12.3. The van der Waals surface area contributed by atoms with Crippen molar-refractivity contribution < 1.29 is 8.42 Å². The lowest BCUT2D eigenvalue weighted by atomic mass is 10.0. The molecule has 142 valence electrons. The van der Waals surface area contributed by atoms with Gasteiger partial charge in [-0.3, -0.25) is 0 Å². The highest BCUT2D eigenvalue weighted by atomic mass is 32.2. The lowest BCUT2D eigenvalue weighted by Gasteiger charge is -2.07. The normalized spacial score (nSPS) is 17.6. The number of sulfonamides is 1. The summed E-state index contributed by atoms with van der Waals surface area (Å²) in [5.41, 5.74) is 3.20. The minimum atomic E-state index is -3.40. The fourth-order valence-corrected chi connectivity index (χ4v) is 4.53. The Balaban J connectivity index is 1.46. The standard InChI is InChI=1S/C18H22N6O2S/c25-27(26,13-14-4-2-1-3-5-14)22-10-11-24-18-17(20-8-9-21-18)16(23-24)15-6-7-19-12-15/h1-5,8-9,15,19,22H,6-7,10-13H2/t15-/m0/s1. The number of hydrogen-bond donors (Lipinski definition) is 2. The summed E-state index contributed by atoms with van der Waals surface area (Å²) in [5.74, 6) is 0.284. The molecule has 2 aromatic heterocycles. The first-order chi connectivity index (χ1) is 13.1. The molecule has 0 spiro atoms. The molecule has 0 amide bonds. The second kappa shape index (κ2) is 7.71. The largest absolute Gasteiger partial charge is 0.316 e. The second-order valence-corrected chi connectivity index (χ2v) is 8.47. The second-order valence-electron chi connectivity index (χ2n) is 6.67. The van der Waals surface area contributed by atoms with Crippen LogP contribution >= 0.6 is 0 Å². The summed E-state index contributed by atoms with van der Waals surface area (Å²) in [6.45, 7) is 2.51. The van der Waals surface area contributed by atoms with E-state index in [1.165, 1.54) is 0 Å². The molecule has 2 N–H and O–H groups in total. The minimum Gasteiger partial charge on any atom is -0.316 e. The molecule has 0 saturated carbocycles. The van der Waals surface area contributed by atoms with Gasteiger partial charge in [0, 0.05) is 31.4 Å². The Morgan fingerprint density at radius 1 is 1.19 bits per heavy atom. The molecule has 0 aliphatic carbocycles. The van der Waals surface area contributed by atoms with Crippen LogP contribution in [-0.4, -0.2) is 47.8 Å². The third-order valence-corrected chi connectivity index (χ3v) is 6.04. The van der Waals surface area contributed by atoms with Gasteiger partial charge in [0.1, 0.15) is 5.52 Å². The monoisotopic (exact) mass is 386 g/mol. The fraction of sp³-hybridized carbons (Fsp3) is 0.389. The molecule has 0 unspecified atom stereocenters. The molecule has 1 aliphatic rings. The van der Waals surface area contributed by atoms with E-state index in [2.05, 4.69) is 20.0 Å². The van der Waals surface area contributed by atoms with Crippen LogP contribution in [-0.2, 0) is 22.3 Å². The molecule has 9 heteroatoms. The molecule has 27 heavy (non-hydrogen) atoms. The minimum absolute atomic E-state index is 0.0352. The fourth-order valence-electron chi connectivity index (χ4n) is 3.40. The molecule has 0 radical (unpaired) electrons. The molecular weight excluding hydrogens is 364 g/mol. The van der Waals surface area contributed by atoms with Gasteiger partial charge in [-0.05, 0) is 18.5 Å². The molecule has 0 bridgehead atoms. The molecular formula is C18H22N6O2S. The van der Waals surface area contributed by atoms with Crippen LogP contribution in [0.2, 0.25) is 0 Å². The summed E-state index contributed by atoms with van der Waals surface area (Å²) >= 11 is 0. The molecule has 1 aromatic carbocycles. The zero-order chi connectivity index (χ0) is 18.7. The molecule has 1 saturated heterocycles. The van der Waals surface area contributed by atoms with Gasteiger partial charge in [0.15, 0.2) is 5.65 Å². The van der Waals surface area contributed by atoms with E-state index >= 15 is 0 Å². The van der Waals surface area contributed by atoms with Crippen molar-refractivity contribution in [3.63, 3.8) is 0 Å². The van der Waals surface area contributed by atoms with E-state index in [9.17, 15) is 8.42 Å². The molecule has 1 aliphatic heterocycles. The van der Waals surface area contributed by atoms with Crippen molar-refractivity contribution >= 4 is 21.2 Å². The number of fused-ring (bicyclic) bond motifs is 1. The Morgan fingerprint density at radius 2 is 2.00 bits per heavy atom. The van der Waals surface area contributed by atoms with Crippen molar-refractivity contribution in [2.24, 2.45) is 0 Å². The molecule has 3 aromatic rings. The van der Waals surface area contributed by atoms with Gasteiger partial charge in [0.2, 0.25) is 10.0 Å². The first kappa shape index (κ1) is 18.0. The first-order valence-electron chi connectivity index (χ1n) is 9.02. The van der Waals surface area contributed by atoms with E-state index in [1.54, 1.807) is 29.2 Å². The Hall–Kier alpha value is -2.36. The van der Waals surface area contributed by atoms with Crippen LogP contribution in [0.1, 0.15) is 23.6 Å². The Kier molecular flexibility index (Phi) is 5.15. The Morgan fingerprint density at radius 3 is 2.78 bits per heavy atom. The summed E-state index contributed by atoms with van der Waals surface area (Å²) in [7, 11) is -3.40. The van der Waals surface area contributed by atoms with Gasteiger partial charge in [-0.2, -0.15) is 5.10 Å². The topological polar surface area (TPSA) is 102 Å². The molecule has 1 fully saturated rings. The number of benzene rings is 1. The van der Waals surface area contributed by atoms with Crippen molar-refractivity contribution in [2.45, 2.75) is 24.6 Å². The molecule has 1 atom stereocenters. The number of hydrogen-bond acceptors (Lipinski definition) is 6. The lowest BCUT2D eigenvalue weighted by Crippen LogP contribution is -2.29. The van der Waals surface area contributed by atoms with Gasteiger partial charge < -0.3 is 5.32 Å². The smallest absolute Gasteiger partial charge is 0.215 e. The number of aromatic nitrogens is 4. The maximum atomic E-state index is 12.3. The van der Waals surface area contributed by atoms with Gasteiger partial charge in [-0.15, -0.1) is 0 Å². The summed E-state index contributed by atoms with van der Waals surface area (Å²) in [4.78, 5) is 8.84. The Labute approximate surface area is 158 Å². The average Bonchev–Trinajstić information content (AvgIpc) is 3.30. The van der Waals surface area contributed by atoms with Crippen molar-refractivity contribution in [1.29, 1.82) is 0 Å². The van der Waals surface area contributed by atoms with Gasteiger partial charge in [-0.1, -0.05) is 30.3 Å². The van der Waals surface area contributed by atoms with Gasteiger partial charge in [0.25, 0.3) is 0 Å². The van der Waals surface area contributed by atoms with Crippen molar-refractivity contribution in [1.82, 2.24) is 29.8 Å². The van der Waals surface area contributed by atoms with Crippen LogP contribution in [0.5, 0.6) is 0 Å². The highest BCUT2D eigenvalue weighted by molar-refractivity contribution is 7.88. The Bertz CT molecular complexity index is 1010. The summed E-state index contributed by atoms with van der Waals surface area (Å²) in [5, 5.41) is 8.03. The van der Waals surface area contributed by atoms with E-state index in [0.29, 0.717) is 18.1 Å². The number of nitrogens with one attached hydrogen (secondary N) is 2. The first-order valence-corrected chi connectivity index (χ1v) is 10.7. The summed E-state index contributed by atoms with van der Waals surface area (Å²) in [6, 6.07) is 9.14.